The van der Waals surface area contributed by atoms with Gasteiger partial charge in [-0.25, -0.2) is 14.8 Å². The maximum Gasteiger partial charge on any atom is 0.407 e. The van der Waals surface area contributed by atoms with Crippen molar-refractivity contribution in [1.82, 2.24) is 15.3 Å². The van der Waals surface area contributed by atoms with Gasteiger partial charge in [-0.1, -0.05) is 6.92 Å². The average Bonchev–Trinajstić information content (AvgIpc) is 2.45. The van der Waals surface area contributed by atoms with Crippen molar-refractivity contribution < 1.29 is 9.53 Å². The highest BCUT2D eigenvalue weighted by molar-refractivity contribution is 9.10. The molecule has 7 heteroatoms. The lowest BCUT2D eigenvalue weighted by Crippen LogP contribution is -2.52. The van der Waals surface area contributed by atoms with Crippen LogP contribution in [0.1, 0.15) is 40.5 Å². The molecule has 1 aromatic rings. The van der Waals surface area contributed by atoms with Crippen molar-refractivity contribution in [3.8, 4) is 0 Å². The number of piperidine rings is 1. The Labute approximate surface area is 146 Å². The fourth-order valence-corrected chi connectivity index (χ4v) is 2.97. The number of halogens is 1. The van der Waals surface area contributed by atoms with Crippen molar-refractivity contribution in [2.45, 2.75) is 52.2 Å². The Balaban J connectivity index is 2.03. The Morgan fingerprint density at radius 1 is 1.43 bits per heavy atom. The molecule has 1 aliphatic rings. The van der Waals surface area contributed by atoms with Crippen molar-refractivity contribution in [2.75, 3.05) is 18.0 Å². The van der Waals surface area contributed by atoms with Crippen molar-refractivity contribution in [3.05, 3.63) is 16.9 Å². The van der Waals surface area contributed by atoms with Crippen LogP contribution < -0.4 is 10.2 Å². The summed E-state index contributed by atoms with van der Waals surface area (Å²) in [6.07, 6.45) is 5.35. The Morgan fingerprint density at radius 3 is 2.70 bits per heavy atom. The molecule has 23 heavy (non-hydrogen) atoms. The molecule has 2 rings (SSSR count). The van der Waals surface area contributed by atoms with E-state index >= 15 is 0 Å². The molecule has 0 aromatic carbocycles. The van der Waals surface area contributed by atoms with Crippen LogP contribution in [-0.4, -0.2) is 40.8 Å². The first-order chi connectivity index (χ1) is 10.8. The zero-order valence-corrected chi connectivity index (χ0v) is 15.8. The van der Waals surface area contributed by atoms with E-state index in [9.17, 15) is 4.79 Å². The van der Waals surface area contributed by atoms with E-state index in [1.54, 1.807) is 12.4 Å². The standard InChI is InChI=1S/C16H25BrN4O2/c1-11-6-5-7-21(14-18-8-12(17)9-19-14)13(11)10-20-15(22)23-16(2,3)4/h8-9,11,13H,5-7,10H2,1-4H3,(H,20,22). The minimum absolute atomic E-state index is 0.164. The highest BCUT2D eigenvalue weighted by Crippen LogP contribution is 2.26. The Hall–Kier alpha value is -1.37. The summed E-state index contributed by atoms with van der Waals surface area (Å²) in [7, 11) is 0. The fraction of sp³-hybridized carbons (Fsp3) is 0.688. The number of carbonyl (C=O) groups excluding carboxylic acids is 1. The van der Waals surface area contributed by atoms with Crippen LogP contribution in [0.4, 0.5) is 10.7 Å². The summed E-state index contributed by atoms with van der Waals surface area (Å²) in [6, 6.07) is 0.164. The minimum Gasteiger partial charge on any atom is -0.444 e. The highest BCUT2D eigenvalue weighted by atomic mass is 79.9. The second-order valence-corrected chi connectivity index (χ2v) is 7.88. The molecule has 0 saturated carbocycles. The molecule has 1 aromatic heterocycles. The normalized spacial score (nSPS) is 21.9. The molecule has 1 amide bonds. The molecule has 1 fully saturated rings. The third kappa shape index (κ3) is 5.34. The average molecular weight is 385 g/mol. The van der Waals surface area contributed by atoms with Crippen molar-refractivity contribution in [2.24, 2.45) is 5.92 Å². The summed E-state index contributed by atoms with van der Waals surface area (Å²) in [5.41, 5.74) is -0.489. The molecule has 1 saturated heterocycles. The van der Waals surface area contributed by atoms with E-state index < -0.39 is 5.60 Å². The van der Waals surface area contributed by atoms with E-state index in [2.05, 4.69) is 43.0 Å². The van der Waals surface area contributed by atoms with Crippen LogP contribution in [-0.2, 0) is 4.74 Å². The molecule has 1 N–H and O–H groups in total. The molecular weight excluding hydrogens is 360 g/mol. The van der Waals surface area contributed by atoms with Gasteiger partial charge in [0, 0.05) is 25.5 Å². The summed E-state index contributed by atoms with van der Waals surface area (Å²) >= 11 is 3.36. The predicted octanol–water partition coefficient (Wildman–Crippen LogP) is 3.37. The van der Waals surface area contributed by atoms with E-state index in [4.69, 9.17) is 4.74 Å². The van der Waals surface area contributed by atoms with Gasteiger partial charge in [-0.2, -0.15) is 0 Å². The van der Waals surface area contributed by atoms with Crippen LogP contribution in [0, 0.1) is 5.92 Å². The summed E-state index contributed by atoms with van der Waals surface area (Å²) in [5, 5.41) is 2.88. The lowest BCUT2D eigenvalue weighted by molar-refractivity contribution is 0.0519. The van der Waals surface area contributed by atoms with E-state index in [0.29, 0.717) is 18.4 Å². The van der Waals surface area contributed by atoms with Crippen LogP contribution >= 0.6 is 15.9 Å². The zero-order valence-electron chi connectivity index (χ0n) is 14.2. The first-order valence-corrected chi connectivity index (χ1v) is 8.76. The monoisotopic (exact) mass is 384 g/mol. The summed E-state index contributed by atoms with van der Waals surface area (Å²) in [4.78, 5) is 22.9. The van der Waals surface area contributed by atoms with E-state index in [0.717, 1.165) is 23.9 Å². The minimum atomic E-state index is -0.489. The third-order valence-electron chi connectivity index (χ3n) is 3.83. The van der Waals surface area contributed by atoms with Gasteiger partial charge < -0.3 is 15.0 Å². The quantitative estimate of drug-likeness (QED) is 0.864. The molecule has 0 aliphatic carbocycles. The third-order valence-corrected chi connectivity index (χ3v) is 4.24. The lowest BCUT2D eigenvalue weighted by atomic mass is 9.91. The van der Waals surface area contributed by atoms with Crippen LogP contribution in [0.5, 0.6) is 0 Å². The van der Waals surface area contributed by atoms with Crippen molar-refractivity contribution in [1.29, 1.82) is 0 Å². The molecule has 2 unspecified atom stereocenters. The number of nitrogens with one attached hydrogen (secondary N) is 1. The van der Waals surface area contributed by atoms with Gasteiger partial charge in [0.25, 0.3) is 0 Å². The molecule has 0 radical (unpaired) electrons. The Kier molecular flexibility index (Phi) is 5.84. The number of nitrogens with zero attached hydrogens (tertiary/aromatic N) is 3. The molecule has 2 heterocycles. The molecule has 2 atom stereocenters. The van der Waals surface area contributed by atoms with Gasteiger partial charge in [-0.05, 0) is 55.5 Å². The number of rotatable bonds is 3. The van der Waals surface area contributed by atoms with E-state index in [1.807, 2.05) is 20.8 Å². The summed E-state index contributed by atoms with van der Waals surface area (Å²) in [6.45, 7) is 9.20. The second kappa shape index (κ2) is 7.47. The summed E-state index contributed by atoms with van der Waals surface area (Å²) < 4.78 is 6.17. The largest absolute Gasteiger partial charge is 0.444 e. The van der Waals surface area contributed by atoms with Crippen LogP contribution in [0.15, 0.2) is 16.9 Å². The van der Waals surface area contributed by atoms with Crippen LogP contribution in [0.25, 0.3) is 0 Å². The number of aromatic nitrogens is 2. The van der Waals surface area contributed by atoms with Gasteiger partial charge >= 0.3 is 6.09 Å². The fourth-order valence-electron chi connectivity index (χ4n) is 2.76. The van der Waals surface area contributed by atoms with E-state index in [-0.39, 0.29) is 12.1 Å². The maximum absolute atomic E-state index is 11.9. The number of carbonyl (C=O) groups is 1. The molecule has 128 valence electrons. The molecular formula is C16H25BrN4O2. The zero-order chi connectivity index (χ0) is 17.0. The first kappa shape index (κ1) is 18.0. The van der Waals surface area contributed by atoms with Gasteiger partial charge in [0.05, 0.1) is 10.5 Å². The Bertz CT molecular complexity index is 530. The van der Waals surface area contributed by atoms with Gasteiger partial charge in [-0.3, -0.25) is 0 Å². The van der Waals surface area contributed by atoms with Gasteiger partial charge in [0.2, 0.25) is 5.95 Å². The Morgan fingerprint density at radius 2 is 2.09 bits per heavy atom. The predicted molar refractivity (Wildman–Crippen MR) is 93.5 cm³/mol. The number of amides is 1. The van der Waals surface area contributed by atoms with Gasteiger partial charge in [0.1, 0.15) is 5.60 Å². The molecule has 0 bridgehead atoms. The highest BCUT2D eigenvalue weighted by Gasteiger charge is 2.31. The van der Waals surface area contributed by atoms with E-state index in [1.165, 1.54) is 0 Å². The first-order valence-electron chi connectivity index (χ1n) is 7.97. The smallest absolute Gasteiger partial charge is 0.407 e. The number of alkyl carbamates (subject to hydrolysis) is 1. The van der Waals surface area contributed by atoms with Crippen LogP contribution in [0.2, 0.25) is 0 Å². The maximum atomic E-state index is 11.9. The van der Waals surface area contributed by atoms with Crippen molar-refractivity contribution >= 4 is 28.0 Å². The van der Waals surface area contributed by atoms with Crippen LogP contribution in [0.3, 0.4) is 0 Å². The second-order valence-electron chi connectivity index (χ2n) is 6.96. The molecule has 0 spiro atoms. The molecule has 1 aliphatic heterocycles. The number of hydrogen-bond donors (Lipinski definition) is 1. The number of hydrogen-bond acceptors (Lipinski definition) is 5. The molecule has 6 nitrogen and oxygen atoms in total. The topological polar surface area (TPSA) is 67.4 Å². The number of anilines is 1. The SMILES string of the molecule is CC1CCCN(c2ncc(Br)cn2)C1CNC(=O)OC(C)(C)C. The lowest BCUT2D eigenvalue weighted by Gasteiger charge is -2.40. The van der Waals surface area contributed by atoms with Crippen molar-refractivity contribution in [3.63, 3.8) is 0 Å². The summed E-state index contributed by atoms with van der Waals surface area (Å²) in [5.74, 6) is 1.15. The number of ether oxygens (including phenoxy) is 1. The van der Waals surface area contributed by atoms with Gasteiger partial charge in [0.15, 0.2) is 0 Å². The van der Waals surface area contributed by atoms with Gasteiger partial charge in [-0.15, -0.1) is 0 Å².